The summed E-state index contributed by atoms with van der Waals surface area (Å²) in [5.74, 6) is 0.813. The average molecular weight is 279 g/mol. The molecule has 0 saturated carbocycles. The van der Waals surface area contributed by atoms with Crippen molar-refractivity contribution in [2.24, 2.45) is 0 Å². The van der Waals surface area contributed by atoms with E-state index in [9.17, 15) is 4.79 Å². The van der Waals surface area contributed by atoms with Crippen molar-refractivity contribution in [3.8, 4) is 0 Å². The van der Waals surface area contributed by atoms with Crippen molar-refractivity contribution in [3.05, 3.63) is 35.9 Å². The zero-order valence-electron chi connectivity index (χ0n) is 11.1. The second kappa shape index (κ2) is 7.43. The Morgan fingerprint density at radius 1 is 1.32 bits per heavy atom. The number of benzene rings is 1. The monoisotopic (exact) mass is 279 g/mol. The summed E-state index contributed by atoms with van der Waals surface area (Å²) in [5, 5.41) is 0. The van der Waals surface area contributed by atoms with E-state index < -0.39 is 0 Å². The fourth-order valence-corrected chi connectivity index (χ4v) is 2.79. The number of rotatable bonds is 4. The molecule has 1 heterocycles. The maximum atomic E-state index is 12.1. The van der Waals surface area contributed by atoms with Gasteiger partial charge in [-0.15, -0.1) is 0 Å². The van der Waals surface area contributed by atoms with Gasteiger partial charge in [-0.3, -0.25) is 0 Å². The van der Waals surface area contributed by atoms with Gasteiger partial charge in [0, 0.05) is 12.6 Å². The molecule has 104 valence electrons. The molecule has 19 heavy (non-hydrogen) atoms. The molecule has 1 aromatic carbocycles. The molecule has 0 N–H and O–H groups in total. The lowest BCUT2D eigenvalue weighted by atomic mass is 10.0. The zero-order chi connectivity index (χ0) is 13.5. The first-order valence-electron chi connectivity index (χ1n) is 6.89. The van der Waals surface area contributed by atoms with Gasteiger partial charge in [0.25, 0.3) is 0 Å². The van der Waals surface area contributed by atoms with Gasteiger partial charge in [0.05, 0.1) is 0 Å². The van der Waals surface area contributed by atoms with Gasteiger partial charge in [-0.05, 0) is 37.0 Å². The zero-order valence-corrected chi connectivity index (χ0v) is 12.0. The van der Waals surface area contributed by atoms with Crippen LogP contribution in [0.5, 0.6) is 0 Å². The van der Waals surface area contributed by atoms with E-state index >= 15 is 0 Å². The number of hydrogen-bond acceptors (Lipinski definition) is 3. The molecule has 1 aliphatic rings. The van der Waals surface area contributed by atoms with Gasteiger partial charge in [0.1, 0.15) is 6.61 Å². The van der Waals surface area contributed by atoms with Gasteiger partial charge < -0.3 is 9.64 Å². The molecule has 1 aliphatic heterocycles. The van der Waals surface area contributed by atoms with Crippen LogP contribution in [0.2, 0.25) is 0 Å². The summed E-state index contributed by atoms with van der Waals surface area (Å²) in [6, 6.07) is 10.1. The number of thiol groups is 1. The Morgan fingerprint density at radius 3 is 2.84 bits per heavy atom. The predicted octanol–water partition coefficient (Wildman–Crippen LogP) is 3.50. The Morgan fingerprint density at radius 2 is 2.11 bits per heavy atom. The van der Waals surface area contributed by atoms with Crippen LogP contribution in [-0.2, 0) is 11.3 Å². The van der Waals surface area contributed by atoms with Crippen molar-refractivity contribution < 1.29 is 9.53 Å². The summed E-state index contributed by atoms with van der Waals surface area (Å²) in [7, 11) is 0. The summed E-state index contributed by atoms with van der Waals surface area (Å²) in [6.07, 6.45) is 4.10. The Labute approximate surface area is 120 Å². The van der Waals surface area contributed by atoms with Crippen LogP contribution in [0, 0.1) is 0 Å². The quantitative estimate of drug-likeness (QED) is 0.855. The summed E-state index contributed by atoms with van der Waals surface area (Å²) in [5.41, 5.74) is 1.03. The standard InChI is InChI=1S/C15H21NO2S/c17-15(18-12-13-6-2-1-3-7-13)16-10-5-4-8-14(16)9-11-19/h1-3,6-7,14,19H,4-5,8-12H2. The Balaban J connectivity index is 1.87. The fraction of sp³-hybridized carbons (Fsp3) is 0.533. The minimum atomic E-state index is -0.185. The number of amides is 1. The summed E-state index contributed by atoms with van der Waals surface area (Å²) >= 11 is 4.27. The van der Waals surface area contributed by atoms with Crippen molar-refractivity contribution in [3.63, 3.8) is 0 Å². The lowest BCUT2D eigenvalue weighted by molar-refractivity contribution is 0.0675. The second-order valence-electron chi connectivity index (χ2n) is 4.90. The Bertz CT molecular complexity index is 394. The predicted molar refractivity (Wildman–Crippen MR) is 79.4 cm³/mol. The molecule has 1 aromatic rings. The molecule has 1 amide bonds. The van der Waals surface area contributed by atoms with Crippen molar-refractivity contribution >= 4 is 18.7 Å². The molecule has 0 radical (unpaired) electrons. The summed E-state index contributed by atoms with van der Waals surface area (Å²) in [4.78, 5) is 14.0. The van der Waals surface area contributed by atoms with Crippen LogP contribution in [0.25, 0.3) is 0 Å². The molecule has 1 unspecified atom stereocenters. The molecule has 4 heteroatoms. The van der Waals surface area contributed by atoms with Gasteiger partial charge in [0.15, 0.2) is 0 Å². The van der Waals surface area contributed by atoms with Crippen LogP contribution >= 0.6 is 12.6 Å². The van der Waals surface area contributed by atoms with Crippen molar-refractivity contribution in [2.75, 3.05) is 12.3 Å². The molecule has 2 rings (SSSR count). The first kappa shape index (κ1) is 14.3. The topological polar surface area (TPSA) is 29.5 Å². The van der Waals surface area contributed by atoms with Crippen LogP contribution in [0.1, 0.15) is 31.2 Å². The molecule has 1 atom stereocenters. The van der Waals surface area contributed by atoms with E-state index in [0.29, 0.717) is 12.6 Å². The molecule has 3 nitrogen and oxygen atoms in total. The summed E-state index contributed by atoms with van der Waals surface area (Å²) in [6.45, 7) is 1.16. The van der Waals surface area contributed by atoms with E-state index in [1.165, 1.54) is 6.42 Å². The lowest BCUT2D eigenvalue weighted by Crippen LogP contribution is -2.44. The molecule has 0 aliphatic carbocycles. The third-order valence-electron chi connectivity index (χ3n) is 3.53. The molecular formula is C15H21NO2S. The van der Waals surface area contributed by atoms with Crippen molar-refractivity contribution in [1.82, 2.24) is 4.90 Å². The molecule has 0 spiro atoms. The lowest BCUT2D eigenvalue weighted by Gasteiger charge is -2.34. The van der Waals surface area contributed by atoms with E-state index in [2.05, 4.69) is 12.6 Å². The van der Waals surface area contributed by atoms with E-state index in [0.717, 1.165) is 37.1 Å². The Hall–Kier alpha value is -1.16. The number of piperidine rings is 1. The third-order valence-corrected chi connectivity index (χ3v) is 3.79. The third kappa shape index (κ3) is 4.16. The van der Waals surface area contributed by atoms with Crippen LogP contribution < -0.4 is 0 Å². The maximum absolute atomic E-state index is 12.1. The number of hydrogen-bond donors (Lipinski definition) is 1. The second-order valence-corrected chi connectivity index (χ2v) is 5.34. The van der Waals surface area contributed by atoms with Gasteiger partial charge in [-0.25, -0.2) is 4.79 Å². The number of likely N-dealkylation sites (tertiary alicyclic amines) is 1. The van der Waals surface area contributed by atoms with Crippen molar-refractivity contribution in [2.45, 2.75) is 38.3 Å². The Kier molecular flexibility index (Phi) is 5.58. The van der Waals surface area contributed by atoms with Crippen LogP contribution in [0.15, 0.2) is 30.3 Å². The van der Waals surface area contributed by atoms with Gasteiger partial charge in [-0.2, -0.15) is 12.6 Å². The molecule has 0 aromatic heterocycles. The molecule has 1 saturated heterocycles. The average Bonchev–Trinajstić information content (AvgIpc) is 2.47. The number of carbonyl (C=O) groups is 1. The number of ether oxygens (including phenoxy) is 1. The van der Waals surface area contributed by atoms with Crippen LogP contribution in [0.4, 0.5) is 4.79 Å². The highest BCUT2D eigenvalue weighted by Crippen LogP contribution is 2.21. The number of carbonyl (C=O) groups excluding carboxylic acids is 1. The first-order valence-corrected chi connectivity index (χ1v) is 7.52. The van der Waals surface area contributed by atoms with E-state index in [4.69, 9.17) is 4.74 Å². The highest BCUT2D eigenvalue weighted by atomic mass is 32.1. The van der Waals surface area contributed by atoms with E-state index in [1.54, 1.807) is 0 Å². The molecule has 0 bridgehead atoms. The van der Waals surface area contributed by atoms with Gasteiger partial charge >= 0.3 is 6.09 Å². The fourth-order valence-electron chi connectivity index (χ4n) is 2.49. The highest BCUT2D eigenvalue weighted by molar-refractivity contribution is 7.80. The smallest absolute Gasteiger partial charge is 0.410 e. The van der Waals surface area contributed by atoms with Crippen LogP contribution in [0.3, 0.4) is 0 Å². The maximum Gasteiger partial charge on any atom is 0.410 e. The minimum Gasteiger partial charge on any atom is -0.445 e. The van der Waals surface area contributed by atoms with E-state index in [-0.39, 0.29) is 6.09 Å². The van der Waals surface area contributed by atoms with Gasteiger partial charge in [-0.1, -0.05) is 30.3 Å². The largest absolute Gasteiger partial charge is 0.445 e. The van der Waals surface area contributed by atoms with Crippen molar-refractivity contribution in [1.29, 1.82) is 0 Å². The van der Waals surface area contributed by atoms with Gasteiger partial charge in [0.2, 0.25) is 0 Å². The molecular weight excluding hydrogens is 258 g/mol. The SMILES string of the molecule is O=C(OCc1ccccc1)N1CCCCC1CCS. The first-order chi connectivity index (χ1) is 9.31. The van der Waals surface area contributed by atoms with Crippen LogP contribution in [-0.4, -0.2) is 29.3 Å². The summed E-state index contributed by atoms with van der Waals surface area (Å²) < 4.78 is 5.41. The minimum absolute atomic E-state index is 0.185. The highest BCUT2D eigenvalue weighted by Gasteiger charge is 2.27. The van der Waals surface area contributed by atoms with E-state index in [1.807, 2.05) is 35.2 Å². The number of nitrogens with zero attached hydrogens (tertiary/aromatic N) is 1. The molecule has 1 fully saturated rings. The normalized spacial score (nSPS) is 19.2.